The van der Waals surface area contributed by atoms with Crippen LogP contribution in [0.1, 0.15) is 30.4 Å². The Morgan fingerprint density at radius 2 is 1.63 bits per heavy atom. The molecule has 5 heteroatoms. The Morgan fingerprint density at radius 1 is 0.963 bits per heavy atom. The summed E-state index contributed by atoms with van der Waals surface area (Å²) in [5.74, 6) is -0.116. The second-order valence-corrected chi connectivity index (χ2v) is 7.07. The SMILES string of the molecule is COC(=O)CCCCc1ccc(CN2CCN(c3ccncc3)CC2)cc1. The predicted molar refractivity (Wildman–Crippen MR) is 108 cm³/mol. The molecule has 1 aliphatic heterocycles. The van der Waals surface area contributed by atoms with E-state index in [0.29, 0.717) is 6.42 Å². The average Bonchev–Trinajstić information content (AvgIpc) is 2.73. The van der Waals surface area contributed by atoms with Crippen LogP contribution < -0.4 is 4.90 Å². The van der Waals surface area contributed by atoms with Crippen molar-refractivity contribution in [1.29, 1.82) is 0 Å². The first kappa shape index (κ1) is 19.4. The van der Waals surface area contributed by atoms with Crippen molar-refractivity contribution in [3.63, 3.8) is 0 Å². The highest BCUT2D eigenvalue weighted by Gasteiger charge is 2.17. The van der Waals surface area contributed by atoms with Gasteiger partial charge in [0.05, 0.1) is 7.11 Å². The van der Waals surface area contributed by atoms with E-state index in [4.69, 9.17) is 0 Å². The fourth-order valence-electron chi connectivity index (χ4n) is 3.49. The lowest BCUT2D eigenvalue weighted by Gasteiger charge is -2.36. The highest BCUT2D eigenvalue weighted by Crippen LogP contribution is 2.17. The molecule has 144 valence electrons. The molecule has 2 heterocycles. The largest absolute Gasteiger partial charge is 0.469 e. The first-order valence-electron chi connectivity index (χ1n) is 9.76. The normalized spacial score (nSPS) is 14.9. The van der Waals surface area contributed by atoms with E-state index in [1.54, 1.807) is 0 Å². The second-order valence-electron chi connectivity index (χ2n) is 7.07. The molecule has 0 amide bonds. The van der Waals surface area contributed by atoms with E-state index in [1.807, 2.05) is 12.4 Å². The molecule has 1 aliphatic rings. The molecule has 5 nitrogen and oxygen atoms in total. The number of aryl methyl sites for hydroxylation is 1. The van der Waals surface area contributed by atoms with Gasteiger partial charge in [-0.1, -0.05) is 24.3 Å². The van der Waals surface area contributed by atoms with Gasteiger partial charge in [-0.15, -0.1) is 0 Å². The molecular formula is C22H29N3O2. The Kier molecular flexibility index (Phi) is 7.22. The standard InChI is InChI=1S/C22H29N3O2/c1-27-22(26)5-3-2-4-19-6-8-20(9-7-19)18-24-14-16-25(17-15-24)21-10-12-23-13-11-21/h6-13H,2-5,14-18H2,1H3. The Hall–Kier alpha value is -2.40. The lowest BCUT2D eigenvalue weighted by molar-refractivity contribution is -0.140. The number of carbonyl (C=O) groups excluding carboxylic acids is 1. The fourth-order valence-corrected chi connectivity index (χ4v) is 3.49. The molecule has 2 aromatic rings. The summed E-state index contributed by atoms with van der Waals surface area (Å²) >= 11 is 0. The number of aromatic nitrogens is 1. The van der Waals surface area contributed by atoms with Gasteiger partial charge >= 0.3 is 5.97 Å². The molecule has 0 radical (unpaired) electrons. The number of pyridine rings is 1. The van der Waals surface area contributed by atoms with E-state index < -0.39 is 0 Å². The topological polar surface area (TPSA) is 45.7 Å². The summed E-state index contributed by atoms with van der Waals surface area (Å²) in [5.41, 5.74) is 3.97. The molecule has 1 saturated heterocycles. The van der Waals surface area contributed by atoms with Crippen LogP contribution in [0.25, 0.3) is 0 Å². The number of hydrogen-bond acceptors (Lipinski definition) is 5. The Labute approximate surface area is 162 Å². The number of hydrogen-bond donors (Lipinski definition) is 0. The highest BCUT2D eigenvalue weighted by atomic mass is 16.5. The summed E-state index contributed by atoms with van der Waals surface area (Å²) in [6.45, 7) is 5.28. The number of benzene rings is 1. The molecule has 0 aliphatic carbocycles. The Balaban J connectivity index is 1.39. The fraction of sp³-hybridized carbons (Fsp3) is 0.455. The van der Waals surface area contributed by atoms with Crippen molar-refractivity contribution in [3.05, 3.63) is 59.9 Å². The maximum absolute atomic E-state index is 11.1. The number of carbonyl (C=O) groups is 1. The molecule has 1 fully saturated rings. The van der Waals surface area contributed by atoms with Crippen LogP contribution in [-0.2, 0) is 22.5 Å². The zero-order valence-corrected chi connectivity index (χ0v) is 16.1. The van der Waals surface area contributed by atoms with Crippen molar-refractivity contribution >= 4 is 11.7 Å². The van der Waals surface area contributed by atoms with Gasteiger partial charge in [0.25, 0.3) is 0 Å². The molecule has 0 N–H and O–H groups in total. The zero-order valence-electron chi connectivity index (χ0n) is 16.1. The summed E-state index contributed by atoms with van der Waals surface area (Å²) in [5, 5.41) is 0. The smallest absolute Gasteiger partial charge is 0.305 e. The van der Waals surface area contributed by atoms with Crippen molar-refractivity contribution < 1.29 is 9.53 Å². The third kappa shape index (κ3) is 6.07. The number of unbranched alkanes of at least 4 members (excludes halogenated alkanes) is 1. The van der Waals surface area contributed by atoms with Crippen molar-refractivity contribution in [1.82, 2.24) is 9.88 Å². The minimum atomic E-state index is -0.116. The van der Waals surface area contributed by atoms with Crippen LogP contribution in [0, 0.1) is 0 Å². The number of anilines is 1. The van der Waals surface area contributed by atoms with Gasteiger partial charge in [-0.2, -0.15) is 0 Å². The summed E-state index contributed by atoms with van der Waals surface area (Å²) in [7, 11) is 1.44. The zero-order chi connectivity index (χ0) is 18.9. The van der Waals surface area contributed by atoms with E-state index >= 15 is 0 Å². The van der Waals surface area contributed by atoms with Gasteiger partial charge < -0.3 is 9.64 Å². The van der Waals surface area contributed by atoms with Crippen molar-refractivity contribution in [3.8, 4) is 0 Å². The lowest BCUT2D eigenvalue weighted by Crippen LogP contribution is -2.45. The molecule has 3 rings (SSSR count). The van der Waals surface area contributed by atoms with Crippen LogP contribution >= 0.6 is 0 Å². The molecule has 1 aromatic heterocycles. The second kappa shape index (κ2) is 10.1. The quantitative estimate of drug-likeness (QED) is 0.529. The van der Waals surface area contributed by atoms with Crippen LogP contribution in [0.4, 0.5) is 5.69 Å². The summed E-state index contributed by atoms with van der Waals surface area (Å²) < 4.78 is 4.67. The highest BCUT2D eigenvalue weighted by molar-refractivity contribution is 5.68. The monoisotopic (exact) mass is 367 g/mol. The summed E-state index contributed by atoms with van der Waals surface area (Å²) in [4.78, 5) is 20.2. The van der Waals surface area contributed by atoms with Gasteiger partial charge in [-0.25, -0.2) is 0 Å². The van der Waals surface area contributed by atoms with Crippen molar-refractivity contribution in [2.24, 2.45) is 0 Å². The van der Waals surface area contributed by atoms with E-state index in [-0.39, 0.29) is 5.97 Å². The Bertz CT molecular complexity index is 695. The molecule has 1 aromatic carbocycles. The number of piperazine rings is 1. The first-order valence-corrected chi connectivity index (χ1v) is 9.76. The van der Waals surface area contributed by atoms with E-state index in [9.17, 15) is 4.79 Å². The van der Waals surface area contributed by atoms with Gasteiger partial charge in [-0.3, -0.25) is 14.7 Å². The molecule has 0 spiro atoms. The average molecular weight is 367 g/mol. The minimum absolute atomic E-state index is 0.116. The van der Waals surface area contributed by atoms with E-state index in [1.165, 1.54) is 23.9 Å². The number of nitrogens with zero attached hydrogens (tertiary/aromatic N) is 3. The minimum Gasteiger partial charge on any atom is -0.469 e. The summed E-state index contributed by atoms with van der Waals surface area (Å²) in [6.07, 6.45) is 7.15. The van der Waals surface area contributed by atoms with Gasteiger partial charge in [-0.05, 0) is 42.5 Å². The molecule has 0 atom stereocenters. The molecule has 27 heavy (non-hydrogen) atoms. The predicted octanol–water partition coefficient (Wildman–Crippen LogP) is 3.29. The van der Waals surface area contributed by atoms with Gasteiger partial charge in [0, 0.05) is 57.2 Å². The van der Waals surface area contributed by atoms with Gasteiger partial charge in [0.1, 0.15) is 0 Å². The third-order valence-electron chi connectivity index (χ3n) is 5.15. The number of rotatable bonds is 8. The first-order chi connectivity index (χ1) is 13.2. The Morgan fingerprint density at radius 3 is 2.30 bits per heavy atom. The number of esters is 1. The third-order valence-corrected chi connectivity index (χ3v) is 5.15. The van der Waals surface area contributed by atoms with Gasteiger partial charge in [0.15, 0.2) is 0 Å². The lowest BCUT2D eigenvalue weighted by atomic mass is 10.0. The van der Waals surface area contributed by atoms with Crippen LogP contribution in [0.5, 0.6) is 0 Å². The van der Waals surface area contributed by atoms with Crippen LogP contribution in [-0.4, -0.2) is 49.1 Å². The maximum atomic E-state index is 11.1. The van der Waals surface area contributed by atoms with Gasteiger partial charge in [0.2, 0.25) is 0 Å². The maximum Gasteiger partial charge on any atom is 0.305 e. The van der Waals surface area contributed by atoms with E-state index in [0.717, 1.165) is 52.0 Å². The molecular weight excluding hydrogens is 338 g/mol. The molecule has 0 bridgehead atoms. The van der Waals surface area contributed by atoms with Crippen LogP contribution in [0.15, 0.2) is 48.8 Å². The van der Waals surface area contributed by atoms with E-state index in [2.05, 4.69) is 55.9 Å². The number of ether oxygens (including phenoxy) is 1. The van der Waals surface area contributed by atoms with Crippen LogP contribution in [0.3, 0.4) is 0 Å². The molecule has 0 unspecified atom stereocenters. The van der Waals surface area contributed by atoms with Crippen LogP contribution in [0.2, 0.25) is 0 Å². The number of methoxy groups -OCH3 is 1. The van der Waals surface area contributed by atoms with Crippen molar-refractivity contribution in [2.45, 2.75) is 32.2 Å². The summed E-state index contributed by atoms with van der Waals surface area (Å²) in [6, 6.07) is 13.1. The molecule has 0 saturated carbocycles. The van der Waals surface area contributed by atoms with Crippen molar-refractivity contribution in [2.75, 3.05) is 38.2 Å².